The van der Waals surface area contributed by atoms with Crippen LogP contribution < -0.4 is 10.2 Å². The monoisotopic (exact) mass is 450 g/mol. The summed E-state index contributed by atoms with van der Waals surface area (Å²) in [6, 6.07) is 16.6. The van der Waals surface area contributed by atoms with Crippen LogP contribution >= 0.6 is 11.3 Å². The molecule has 3 aromatic rings. The van der Waals surface area contributed by atoms with Crippen molar-refractivity contribution < 1.29 is 14.0 Å². The van der Waals surface area contributed by atoms with Crippen molar-refractivity contribution in [2.45, 2.75) is 51.1 Å². The fourth-order valence-corrected chi connectivity index (χ4v) is 4.92. The molecule has 1 saturated carbocycles. The third-order valence-corrected chi connectivity index (χ3v) is 6.76. The number of nitrogens with zero attached hydrogens (tertiary/aromatic N) is 1. The van der Waals surface area contributed by atoms with E-state index in [1.807, 2.05) is 48.7 Å². The van der Waals surface area contributed by atoms with Gasteiger partial charge < -0.3 is 5.32 Å². The van der Waals surface area contributed by atoms with Crippen LogP contribution in [0.4, 0.5) is 10.1 Å². The Morgan fingerprint density at radius 3 is 2.44 bits per heavy atom. The number of rotatable bonds is 7. The molecule has 1 heterocycles. The number of aryl methyl sites for hydroxylation is 1. The molecule has 1 aromatic heterocycles. The summed E-state index contributed by atoms with van der Waals surface area (Å²) in [5, 5.41) is 5.03. The number of thiophene rings is 1. The molecule has 0 unspecified atom stereocenters. The molecule has 0 radical (unpaired) electrons. The first kappa shape index (κ1) is 22.2. The van der Waals surface area contributed by atoms with Gasteiger partial charge in [0.15, 0.2) is 0 Å². The van der Waals surface area contributed by atoms with Crippen LogP contribution in [-0.4, -0.2) is 17.9 Å². The van der Waals surface area contributed by atoms with Crippen LogP contribution in [0.5, 0.6) is 0 Å². The van der Waals surface area contributed by atoms with Crippen molar-refractivity contribution in [3.63, 3.8) is 0 Å². The molecule has 1 aliphatic rings. The summed E-state index contributed by atoms with van der Waals surface area (Å²) in [7, 11) is 0. The molecule has 1 N–H and O–H groups in total. The number of hydrogen-bond donors (Lipinski definition) is 1. The highest BCUT2D eigenvalue weighted by atomic mass is 32.1. The fourth-order valence-electron chi connectivity index (χ4n) is 4.23. The zero-order valence-electron chi connectivity index (χ0n) is 18.1. The van der Waals surface area contributed by atoms with Crippen molar-refractivity contribution in [2.75, 3.05) is 4.90 Å². The number of anilines is 1. The van der Waals surface area contributed by atoms with Gasteiger partial charge in [0, 0.05) is 10.9 Å². The minimum atomic E-state index is -0.958. The largest absolute Gasteiger partial charge is 0.351 e. The van der Waals surface area contributed by atoms with Crippen molar-refractivity contribution >= 4 is 28.8 Å². The Morgan fingerprint density at radius 2 is 1.78 bits per heavy atom. The predicted molar refractivity (Wildman–Crippen MR) is 126 cm³/mol. The van der Waals surface area contributed by atoms with Gasteiger partial charge in [-0.15, -0.1) is 11.3 Å². The number of halogens is 1. The highest BCUT2D eigenvalue weighted by Crippen LogP contribution is 2.32. The van der Waals surface area contributed by atoms with Crippen LogP contribution in [0.3, 0.4) is 0 Å². The maximum atomic E-state index is 15.0. The van der Waals surface area contributed by atoms with Crippen molar-refractivity contribution in [2.24, 2.45) is 0 Å². The van der Waals surface area contributed by atoms with Crippen molar-refractivity contribution in [1.29, 1.82) is 0 Å². The molecule has 2 aromatic carbocycles. The van der Waals surface area contributed by atoms with Gasteiger partial charge in [-0.3, -0.25) is 14.5 Å². The van der Waals surface area contributed by atoms with Gasteiger partial charge in [0.05, 0.1) is 12.1 Å². The Morgan fingerprint density at radius 1 is 1.06 bits per heavy atom. The van der Waals surface area contributed by atoms with Gasteiger partial charge in [-0.2, -0.15) is 0 Å². The average Bonchev–Trinajstić information content (AvgIpc) is 3.48. The third-order valence-electron chi connectivity index (χ3n) is 5.89. The molecule has 2 amide bonds. The van der Waals surface area contributed by atoms with Crippen molar-refractivity contribution in [3.05, 3.63) is 87.9 Å². The standard InChI is InChI=1S/C26H27FN2O2S/c1-18-12-14-19(15-13-18)25(26(31)28-20-7-2-3-8-20)29(23-11-5-4-10-22(23)27)24(30)17-21-9-6-16-32-21/h4-6,9-16,20,25H,2-3,7-8,17H2,1H3,(H,28,31)/t25-/m0/s1. The van der Waals surface area contributed by atoms with Gasteiger partial charge >= 0.3 is 0 Å². The van der Waals surface area contributed by atoms with Crippen molar-refractivity contribution in [1.82, 2.24) is 5.32 Å². The second-order valence-electron chi connectivity index (χ2n) is 8.27. The SMILES string of the molecule is Cc1ccc([C@@H](C(=O)NC2CCCC2)N(C(=O)Cc2cccs2)c2ccccc2F)cc1. The highest BCUT2D eigenvalue weighted by Gasteiger charge is 2.35. The molecule has 4 rings (SSSR count). The Kier molecular flexibility index (Phi) is 7.00. The highest BCUT2D eigenvalue weighted by molar-refractivity contribution is 7.10. The van der Waals surface area contributed by atoms with Gasteiger partial charge in [0.2, 0.25) is 11.8 Å². The lowest BCUT2D eigenvalue weighted by Gasteiger charge is -2.32. The number of hydrogen-bond acceptors (Lipinski definition) is 3. The predicted octanol–water partition coefficient (Wildman–Crippen LogP) is 5.57. The van der Waals surface area contributed by atoms with E-state index in [-0.39, 0.29) is 30.0 Å². The van der Waals surface area contributed by atoms with Crippen LogP contribution in [0.15, 0.2) is 66.0 Å². The maximum Gasteiger partial charge on any atom is 0.248 e. The lowest BCUT2D eigenvalue weighted by Crippen LogP contribution is -2.47. The zero-order valence-corrected chi connectivity index (χ0v) is 18.9. The van der Waals surface area contributed by atoms with E-state index in [0.29, 0.717) is 5.56 Å². The molecule has 0 saturated heterocycles. The lowest BCUT2D eigenvalue weighted by molar-refractivity contribution is -0.127. The van der Waals surface area contributed by atoms with E-state index >= 15 is 0 Å². The van der Waals surface area contributed by atoms with Crippen LogP contribution in [0.25, 0.3) is 0 Å². The molecule has 1 fully saturated rings. The van der Waals surface area contributed by atoms with Crippen LogP contribution in [-0.2, 0) is 16.0 Å². The van der Waals surface area contributed by atoms with Crippen molar-refractivity contribution in [3.8, 4) is 0 Å². The van der Waals surface area contributed by atoms with E-state index in [1.165, 1.54) is 22.3 Å². The molecule has 0 bridgehead atoms. The summed E-state index contributed by atoms with van der Waals surface area (Å²) in [6.07, 6.45) is 4.11. The van der Waals surface area contributed by atoms with Crippen LogP contribution in [0.2, 0.25) is 0 Å². The van der Waals surface area contributed by atoms with Gasteiger partial charge in [0.25, 0.3) is 0 Å². The maximum absolute atomic E-state index is 15.0. The fraction of sp³-hybridized carbons (Fsp3) is 0.308. The van der Waals surface area contributed by atoms with E-state index in [0.717, 1.165) is 36.1 Å². The summed E-state index contributed by atoms with van der Waals surface area (Å²) >= 11 is 1.47. The molecule has 0 spiro atoms. The number of nitrogens with one attached hydrogen (secondary N) is 1. The molecule has 32 heavy (non-hydrogen) atoms. The number of para-hydroxylation sites is 1. The van der Waals surface area contributed by atoms with Crippen LogP contribution in [0, 0.1) is 12.7 Å². The summed E-state index contributed by atoms with van der Waals surface area (Å²) in [4.78, 5) is 29.4. The lowest BCUT2D eigenvalue weighted by atomic mass is 10.0. The molecule has 6 heteroatoms. The first-order valence-electron chi connectivity index (χ1n) is 11.0. The first-order chi connectivity index (χ1) is 15.5. The molecule has 166 valence electrons. The topological polar surface area (TPSA) is 49.4 Å². The Bertz CT molecular complexity index is 1060. The first-order valence-corrected chi connectivity index (χ1v) is 11.9. The average molecular weight is 451 g/mol. The number of carbonyl (C=O) groups is 2. The molecule has 0 aliphatic heterocycles. The van der Waals surface area contributed by atoms with Gasteiger partial charge in [-0.05, 0) is 48.9 Å². The van der Waals surface area contributed by atoms with Gasteiger partial charge in [-0.25, -0.2) is 4.39 Å². The molecular weight excluding hydrogens is 423 g/mol. The quantitative estimate of drug-likeness (QED) is 0.511. The summed E-state index contributed by atoms with van der Waals surface area (Å²) < 4.78 is 15.0. The van der Waals surface area contributed by atoms with E-state index in [4.69, 9.17) is 0 Å². The normalized spacial score (nSPS) is 14.8. The molecular formula is C26H27FN2O2S. The minimum absolute atomic E-state index is 0.0883. The summed E-state index contributed by atoms with van der Waals surface area (Å²) in [6.45, 7) is 1.97. The smallest absolute Gasteiger partial charge is 0.248 e. The number of carbonyl (C=O) groups excluding carboxylic acids is 2. The van der Waals surface area contributed by atoms with Gasteiger partial charge in [-0.1, -0.05) is 60.9 Å². The third kappa shape index (κ3) is 5.07. The second-order valence-corrected chi connectivity index (χ2v) is 9.31. The molecule has 1 atom stereocenters. The summed E-state index contributed by atoms with van der Waals surface area (Å²) in [5.41, 5.74) is 1.82. The Hall–Kier alpha value is -2.99. The number of amides is 2. The van der Waals surface area contributed by atoms with E-state index < -0.39 is 11.9 Å². The Balaban J connectivity index is 1.77. The summed E-state index contributed by atoms with van der Waals surface area (Å²) in [5.74, 6) is -1.12. The number of benzene rings is 2. The second kappa shape index (κ2) is 10.1. The van der Waals surface area contributed by atoms with E-state index in [9.17, 15) is 14.0 Å². The van der Waals surface area contributed by atoms with E-state index in [1.54, 1.807) is 18.2 Å². The van der Waals surface area contributed by atoms with Gasteiger partial charge in [0.1, 0.15) is 11.9 Å². The molecule has 1 aliphatic carbocycles. The minimum Gasteiger partial charge on any atom is -0.351 e. The van der Waals surface area contributed by atoms with E-state index in [2.05, 4.69) is 5.32 Å². The zero-order chi connectivity index (χ0) is 22.5. The molecule has 4 nitrogen and oxygen atoms in total. The Labute approximate surface area is 192 Å². The van der Waals surface area contributed by atoms with Crippen LogP contribution in [0.1, 0.15) is 47.7 Å².